The van der Waals surface area contributed by atoms with Crippen LogP contribution >= 0.6 is 0 Å². The highest BCUT2D eigenvalue weighted by atomic mass is 19.1. The summed E-state index contributed by atoms with van der Waals surface area (Å²) in [4.78, 5) is 33.7. The SMILES string of the molecule is CC(=O)N1CCN(C(=O)c2coc(CN(Cc3ccc(F)cc3)Cc3ccc(F)cc3F)n2)CC1. The molecule has 184 valence electrons. The van der Waals surface area contributed by atoms with Crippen LogP contribution in [0.1, 0.15) is 34.4 Å². The lowest BCUT2D eigenvalue weighted by Gasteiger charge is -2.33. The van der Waals surface area contributed by atoms with E-state index in [2.05, 4.69) is 4.98 Å². The largest absolute Gasteiger partial charge is 0.447 e. The van der Waals surface area contributed by atoms with E-state index in [0.29, 0.717) is 32.7 Å². The average Bonchev–Trinajstić information content (AvgIpc) is 3.30. The lowest BCUT2D eigenvalue weighted by atomic mass is 10.1. The Bertz CT molecular complexity index is 1190. The second kappa shape index (κ2) is 10.7. The molecule has 1 aliphatic rings. The summed E-state index contributed by atoms with van der Waals surface area (Å²) in [5, 5.41) is 0. The van der Waals surface area contributed by atoms with Gasteiger partial charge in [-0.05, 0) is 23.8 Å². The zero-order valence-corrected chi connectivity index (χ0v) is 19.2. The van der Waals surface area contributed by atoms with E-state index in [1.165, 1.54) is 37.5 Å². The first kappa shape index (κ1) is 24.5. The van der Waals surface area contributed by atoms with E-state index in [-0.39, 0.29) is 47.9 Å². The van der Waals surface area contributed by atoms with Crippen molar-refractivity contribution in [1.29, 1.82) is 0 Å². The average molecular weight is 486 g/mol. The maximum atomic E-state index is 14.3. The van der Waals surface area contributed by atoms with Crippen molar-refractivity contribution in [3.05, 3.63) is 88.9 Å². The monoisotopic (exact) mass is 486 g/mol. The van der Waals surface area contributed by atoms with Crippen LogP contribution in [0.4, 0.5) is 13.2 Å². The zero-order chi connectivity index (χ0) is 24.9. The van der Waals surface area contributed by atoms with Gasteiger partial charge in [0.15, 0.2) is 5.69 Å². The quantitative estimate of drug-likeness (QED) is 0.511. The molecule has 2 heterocycles. The van der Waals surface area contributed by atoms with Gasteiger partial charge in [0.1, 0.15) is 23.7 Å². The maximum absolute atomic E-state index is 14.3. The number of hydrogen-bond acceptors (Lipinski definition) is 5. The summed E-state index contributed by atoms with van der Waals surface area (Å²) in [6, 6.07) is 9.28. The Morgan fingerprint density at radius 2 is 1.57 bits per heavy atom. The van der Waals surface area contributed by atoms with Crippen LogP contribution in [-0.4, -0.2) is 57.7 Å². The van der Waals surface area contributed by atoms with Gasteiger partial charge in [-0.15, -0.1) is 0 Å². The van der Waals surface area contributed by atoms with E-state index in [0.717, 1.165) is 11.6 Å². The lowest BCUT2D eigenvalue weighted by molar-refractivity contribution is -0.130. The Morgan fingerprint density at radius 1 is 0.914 bits per heavy atom. The molecule has 3 aromatic rings. The third-order valence-electron chi connectivity index (χ3n) is 5.87. The number of amides is 2. The predicted octanol–water partition coefficient (Wildman–Crippen LogP) is 3.60. The molecule has 0 bridgehead atoms. The molecule has 0 saturated carbocycles. The fourth-order valence-electron chi connectivity index (χ4n) is 3.97. The Balaban J connectivity index is 1.47. The van der Waals surface area contributed by atoms with Crippen LogP contribution in [0.2, 0.25) is 0 Å². The minimum Gasteiger partial charge on any atom is -0.447 e. The van der Waals surface area contributed by atoms with Crippen molar-refractivity contribution in [3.63, 3.8) is 0 Å². The molecule has 2 aromatic carbocycles. The fraction of sp³-hybridized carbons (Fsp3) is 0.320. The minimum absolute atomic E-state index is 0.0281. The number of carbonyl (C=O) groups excluding carboxylic acids is 2. The van der Waals surface area contributed by atoms with Gasteiger partial charge in [-0.1, -0.05) is 18.2 Å². The maximum Gasteiger partial charge on any atom is 0.275 e. The molecule has 7 nitrogen and oxygen atoms in total. The van der Waals surface area contributed by atoms with Crippen LogP contribution in [0.5, 0.6) is 0 Å². The van der Waals surface area contributed by atoms with Gasteiger partial charge >= 0.3 is 0 Å². The van der Waals surface area contributed by atoms with Gasteiger partial charge in [-0.25, -0.2) is 18.2 Å². The van der Waals surface area contributed by atoms with Crippen molar-refractivity contribution in [3.8, 4) is 0 Å². The van der Waals surface area contributed by atoms with Gasteiger partial charge in [0, 0.05) is 57.8 Å². The highest BCUT2D eigenvalue weighted by Gasteiger charge is 2.25. The standard InChI is InChI=1S/C25H25F3N4O3/c1-17(33)31-8-10-32(11-9-31)25(34)23-16-35-24(29-23)15-30(13-18-2-5-20(26)6-3-18)14-19-4-7-21(27)12-22(19)28/h2-7,12,16H,8-11,13-15H2,1H3. The smallest absolute Gasteiger partial charge is 0.275 e. The molecule has 35 heavy (non-hydrogen) atoms. The van der Waals surface area contributed by atoms with E-state index < -0.39 is 11.6 Å². The van der Waals surface area contributed by atoms with Crippen molar-refractivity contribution in [2.45, 2.75) is 26.6 Å². The molecule has 1 fully saturated rings. The first-order valence-corrected chi connectivity index (χ1v) is 11.2. The number of rotatable bonds is 7. The van der Waals surface area contributed by atoms with Gasteiger partial charge in [0.2, 0.25) is 11.8 Å². The van der Waals surface area contributed by atoms with Gasteiger partial charge in [0.25, 0.3) is 5.91 Å². The van der Waals surface area contributed by atoms with E-state index in [1.54, 1.807) is 26.8 Å². The van der Waals surface area contributed by atoms with Gasteiger partial charge in [-0.3, -0.25) is 14.5 Å². The highest BCUT2D eigenvalue weighted by molar-refractivity contribution is 5.92. The number of hydrogen-bond donors (Lipinski definition) is 0. The molecule has 0 aliphatic carbocycles. The molecule has 0 radical (unpaired) electrons. The fourth-order valence-corrected chi connectivity index (χ4v) is 3.97. The van der Waals surface area contributed by atoms with Gasteiger partial charge in [0.05, 0.1) is 6.54 Å². The third-order valence-corrected chi connectivity index (χ3v) is 5.87. The van der Waals surface area contributed by atoms with E-state index in [9.17, 15) is 22.8 Å². The summed E-state index contributed by atoms with van der Waals surface area (Å²) in [6.45, 7) is 3.79. The third kappa shape index (κ3) is 6.27. The molecule has 0 spiro atoms. The molecule has 0 N–H and O–H groups in total. The molecular weight excluding hydrogens is 461 g/mol. The molecule has 4 rings (SSSR count). The molecule has 2 amide bonds. The molecule has 1 aliphatic heterocycles. The van der Waals surface area contributed by atoms with Crippen LogP contribution in [0.15, 0.2) is 53.1 Å². The Morgan fingerprint density at radius 3 is 2.23 bits per heavy atom. The van der Waals surface area contributed by atoms with Gasteiger partial charge < -0.3 is 14.2 Å². The number of piperazine rings is 1. The van der Waals surface area contributed by atoms with Crippen LogP contribution in [0, 0.1) is 17.5 Å². The molecule has 10 heteroatoms. The van der Waals surface area contributed by atoms with Crippen molar-refractivity contribution in [1.82, 2.24) is 19.7 Å². The molecule has 1 aromatic heterocycles. The Labute approximate surface area is 200 Å². The second-order valence-electron chi connectivity index (χ2n) is 8.43. The second-order valence-corrected chi connectivity index (χ2v) is 8.43. The zero-order valence-electron chi connectivity index (χ0n) is 19.2. The first-order chi connectivity index (χ1) is 16.8. The van der Waals surface area contributed by atoms with E-state index >= 15 is 0 Å². The van der Waals surface area contributed by atoms with Crippen LogP contribution < -0.4 is 0 Å². The van der Waals surface area contributed by atoms with Crippen molar-refractivity contribution < 1.29 is 27.2 Å². The summed E-state index contributed by atoms with van der Waals surface area (Å²) in [6.07, 6.45) is 1.28. The van der Waals surface area contributed by atoms with E-state index in [1.807, 2.05) is 0 Å². The minimum atomic E-state index is -0.679. The number of aromatic nitrogens is 1. The first-order valence-electron chi connectivity index (χ1n) is 11.2. The lowest BCUT2D eigenvalue weighted by Crippen LogP contribution is -2.50. The number of benzene rings is 2. The summed E-state index contributed by atoms with van der Waals surface area (Å²) in [7, 11) is 0. The summed E-state index contributed by atoms with van der Waals surface area (Å²) in [5.74, 6) is -1.79. The number of nitrogens with zero attached hydrogens (tertiary/aromatic N) is 4. The van der Waals surface area contributed by atoms with Gasteiger partial charge in [-0.2, -0.15) is 0 Å². The normalized spacial score (nSPS) is 14.0. The summed E-state index contributed by atoms with van der Waals surface area (Å²) in [5.41, 5.74) is 1.20. The molecule has 0 atom stereocenters. The predicted molar refractivity (Wildman–Crippen MR) is 120 cm³/mol. The molecular formula is C25H25F3N4O3. The van der Waals surface area contributed by atoms with Crippen LogP contribution in [-0.2, 0) is 24.4 Å². The molecule has 1 saturated heterocycles. The van der Waals surface area contributed by atoms with E-state index in [4.69, 9.17) is 4.42 Å². The number of halogens is 3. The van der Waals surface area contributed by atoms with Crippen LogP contribution in [0.25, 0.3) is 0 Å². The number of carbonyl (C=O) groups is 2. The van der Waals surface area contributed by atoms with Crippen molar-refractivity contribution in [2.75, 3.05) is 26.2 Å². The van der Waals surface area contributed by atoms with Crippen LogP contribution in [0.3, 0.4) is 0 Å². The number of oxazole rings is 1. The topological polar surface area (TPSA) is 69.9 Å². The Hall–Kier alpha value is -3.66. The summed E-state index contributed by atoms with van der Waals surface area (Å²) >= 11 is 0. The van der Waals surface area contributed by atoms with Crippen molar-refractivity contribution in [2.24, 2.45) is 0 Å². The highest BCUT2D eigenvalue weighted by Crippen LogP contribution is 2.18. The van der Waals surface area contributed by atoms with Crippen molar-refractivity contribution >= 4 is 11.8 Å². The summed E-state index contributed by atoms with van der Waals surface area (Å²) < 4.78 is 46.5. The Kier molecular flexibility index (Phi) is 7.50. The molecule has 0 unspecified atom stereocenters.